The summed E-state index contributed by atoms with van der Waals surface area (Å²) in [5, 5.41) is 15.9. The van der Waals surface area contributed by atoms with E-state index in [0.717, 1.165) is 44.1 Å². The van der Waals surface area contributed by atoms with Gasteiger partial charge in [-0.1, -0.05) is 25.1 Å². The molecule has 0 saturated carbocycles. The predicted octanol–water partition coefficient (Wildman–Crippen LogP) is 4.04. The second-order valence-electron chi connectivity index (χ2n) is 7.87. The van der Waals surface area contributed by atoms with Crippen molar-refractivity contribution in [2.75, 3.05) is 48.3 Å². The van der Waals surface area contributed by atoms with E-state index in [1.54, 1.807) is 6.07 Å². The largest absolute Gasteiger partial charge is 0.410 e. The summed E-state index contributed by atoms with van der Waals surface area (Å²) in [6.45, 7) is 6.94. The Morgan fingerprint density at radius 1 is 1.09 bits per heavy atom. The van der Waals surface area contributed by atoms with E-state index in [9.17, 15) is 10.1 Å². The Morgan fingerprint density at radius 3 is 2.53 bits per heavy atom. The van der Waals surface area contributed by atoms with Crippen LogP contribution in [0.4, 0.5) is 33.4 Å². The first-order chi connectivity index (χ1) is 16.6. The van der Waals surface area contributed by atoms with Crippen LogP contribution >= 0.6 is 0 Å². The van der Waals surface area contributed by atoms with Gasteiger partial charge in [-0.25, -0.2) is 9.78 Å². The number of nitrogens with two attached hydrogens (primary N) is 1. The predicted molar refractivity (Wildman–Crippen MR) is 133 cm³/mol. The van der Waals surface area contributed by atoms with Crippen LogP contribution < -0.4 is 26.0 Å². The number of nitrogens with one attached hydrogen (secondary N) is 2. The van der Waals surface area contributed by atoms with E-state index in [-0.39, 0.29) is 0 Å². The van der Waals surface area contributed by atoms with Gasteiger partial charge in [0.25, 0.3) is 0 Å². The molecule has 0 radical (unpaired) electrons. The van der Waals surface area contributed by atoms with Crippen LogP contribution in [0.5, 0.6) is 5.75 Å². The van der Waals surface area contributed by atoms with Crippen molar-refractivity contribution in [1.82, 2.24) is 9.88 Å². The number of carbonyl (C=O) groups excluding carboxylic acids is 1. The normalized spacial score (nSPS) is 13.7. The third-order valence-electron chi connectivity index (χ3n) is 5.70. The average molecular weight is 458 g/mol. The van der Waals surface area contributed by atoms with Gasteiger partial charge in [-0.15, -0.1) is 0 Å². The molecule has 9 nitrogen and oxygen atoms in total. The Balaban J connectivity index is 1.58. The first-order valence-corrected chi connectivity index (χ1v) is 11.1. The van der Waals surface area contributed by atoms with Crippen LogP contribution in [0.2, 0.25) is 0 Å². The summed E-state index contributed by atoms with van der Waals surface area (Å²) in [6, 6.07) is 19.1. The summed E-state index contributed by atoms with van der Waals surface area (Å²) in [5.74, 6) is 0.794. The number of aromatic nitrogens is 1. The number of rotatable bonds is 7. The van der Waals surface area contributed by atoms with E-state index in [4.69, 9.17) is 10.5 Å². The lowest BCUT2D eigenvalue weighted by Crippen LogP contribution is -2.46. The molecular formula is C25H27N7O2. The molecule has 0 aliphatic carbocycles. The number of likely N-dealkylation sites (N-methyl/N-ethyl adjacent to an activating group) is 1. The number of primary amides is 1. The van der Waals surface area contributed by atoms with Crippen LogP contribution in [0.1, 0.15) is 12.5 Å². The summed E-state index contributed by atoms with van der Waals surface area (Å²) in [6.07, 6.45) is 0.597. The van der Waals surface area contributed by atoms with Crippen LogP contribution in [-0.2, 0) is 0 Å². The summed E-state index contributed by atoms with van der Waals surface area (Å²) in [4.78, 5) is 20.6. The summed E-state index contributed by atoms with van der Waals surface area (Å²) in [5.41, 5.74) is 8.68. The van der Waals surface area contributed by atoms with Crippen molar-refractivity contribution >= 4 is 34.7 Å². The van der Waals surface area contributed by atoms with Gasteiger partial charge in [0.15, 0.2) is 5.75 Å². The van der Waals surface area contributed by atoms with E-state index in [2.05, 4.69) is 38.4 Å². The molecule has 4 N–H and O–H groups in total. The number of para-hydroxylation sites is 1. The van der Waals surface area contributed by atoms with Crippen molar-refractivity contribution in [1.29, 1.82) is 5.26 Å². The smallest absolute Gasteiger partial charge is 0.408 e. The summed E-state index contributed by atoms with van der Waals surface area (Å²) >= 11 is 0. The summed E-state index contributed by atoms with van der Waals surface area (Å²) < 4.78 is 5.31. The fourth-order valence-electron chi connectivity index (χ4n) is 3.86. The molecule has 2 heterocycles. The maximum absolute atomic E-state index is 11.6. The summed E-state index contributed by atoms with van der Waals surface area (Å²) in [7, 11) is 0. The van der Waals surface area contributed by atoms with Crippen LogP contribution in [0, 0.1) is 11.3 Å². The zero-order chi connectivity index (χ0) is 23.9. The molecule has 34 heavy (non-hydrogen) atoms. The molecule has 0 unspecified atom stereocenters. The van der Waals surface area contributed by atoms with Crippen molar-refractivity contribution < 1.29 is 9.53 Å². The minimum absolute atomic E-state index is 0.312. The number of anilines is 5. The number of carbonyl (C=O) groups is 1. The van der Waals surface area contributed by atoms with Gasteiger partial charge < -0.3 is 30.9 Å². The van der Waals surface area contributed by atoms with Crippen molar-refractivity contribution in [2.24, 2.45) is 5.73 Å². The number of nitriles is 1. The highest BCUT2D eigenvalue weighted by molar-refractivity contribution is 5.77. The number of benzene rings is 2. The Morgan fingerprint density at radius 2 is 1.85 bits per heavy atom. The van der Waals surface area contributed by atoms with Crippen LogP contribution in [0.3, 0.4) is 0 Å². The molecule has 0 bridgehead atoms. The van der Waals surface area contributed by atoms with Crippen molar-refractivity contribution in [3.63, 3.8) is 0 Å². The standard InChI is InChI=1S/C25H27N7O2/c1-2-31-10-12-32(13-11-31)20-8-9-21(23(14-20)34-25(27)33)30-24-15-22(18(16-26)17-28-24)29-19-6-4-3-5-7-19/h3-9,14-15,17H,2,10-13H2,1H3,(H2,27,33)(H2,28,29,30). The second kappa shape index (κ2) is 10.6. The molecule has 0 atom stereocenters. The van der Waals surface area contributed by atoms with E-state index < -0.39 is 6.09 Å². The Bertz CT molecular complexity index is 1190. The number of ether oxygens (including phenoxy) is 1. The molecule has 1 aromatic heterocycles. The van der Waals surface area contributed by atoms with Crippen LogP contribution in [0.25, 0.3) is 0 Å². The first-order valence-electron chi connectivity index (χ1n) is 11.1. The highest BCUT2D eigenvalue weighted by Gasteiger charge is 2.18. The maximum atomic E-state index is 11.6. The highest BCUT2D eigenvalue weighted by atomic mass is 16.5. The fraction of sp³-hybridized carbons (Fsp3) is 0.240. The number of hydrogen-bond donors (Lipinski definition) is 3. The Hall–Kier alpha value is -4.29. The SMILES string of the molecule is CCN1CCN(c2ccc(Nc3cc(Nc4ccccc4)c(C#N)cn3)c(OC(N)=O)c2)CC1. The lowest BCUT2D eigenvalue weighted by atomic mass is 10.2. The topological polar surface area (TPSA) is 120 Å². The van der Waals surface area contributed by atoms with Crippen LogP contribution in [-0.4, -0.2) is 48.7 Å². The van der Waals surface area contributed by atoms with Gasteiger partial charge in [-0.2, -0.15) is 5.26 Å². The van der Waals surface area contributed by atoms with E-state index >= 15 is 0 Å². The molecule has 9 heteroatoms. The molecule has 2 aromatic carbocycles. The molecule has 4 rings (SSSR count). The third kappa shape index (κ3) is 5.54. The van der Waals surface area contributed by atoms with Crippen molar-refractivity contribution in [3.05, 3.63) is 66.4 Å². The number of nitrogens with zero attached hydrogens (tertiary/aromatic N) is 4. The second-order valence-corrected chi connectivity index (χ2v) is 7.87. The Kier molecular flexibility index (Phi) is 7.10. The molecule has 3 aromatic rings. The lowest BCUT2D eigenvalue weighted by Gasteiger charge is -2.35. The van der Waals surface area contributed by atoms with Gasteiger partial charge in [-0.05, 0) is 30.8 Å². The Labute approximate surface area is 198 Å². The van der Waals surface area contributed by atoms with Gasteiger partial charge in [0.2, 0.25) is 0 Å². The van der Waals surface area contributed by atoms with E-state index in [1.807, 2.05) is 48.5 Å². The maximum Gasteiger partial charge on any atom is 0.410 e. The van der Waals surface area contributed by atoms with Gasteiger partial charge in [0.1, 0.15) is 11.9 Å². The van der Waals surface area contributed by atoms with Crippen molar-refractivity contribution in [2.45, 2.75) is 6.92 Å². The molecule has 0 spiro atoms. The molecule has 1 saturated heterocycles. The number of amides is 1. The zero-order valence-corrected chi connectivity index (χ0v) is 19.0. The lowest BCUT2D eigenvalue weighted by molar-refractivity contribution is 0.211. The molecule has 1 amide bonds. The molecule has 1 aliphatic heterocycles. The number of pyridine rings is 1. The van der Waals surface area contributed by atoms with Gasteiger partial charge in [0.05, 0.1) is 16.9 Å². The fourth-order valence-corrected chi connectivity index (χ4v) is 3.86. The number of hydrogen-bond acceptors (Lipinski definition) is 8. The minimum Gasteiger partial charge on any atom is -0.408 e. The molecule has 1 fully saturated rings. The molecular weight excluding hydrogens is 430 g/mol. The molecule has 174 valence electrons. The quantitative estimate of drug-likeness (QED) is 0.486. The van der Waals surface area contributed by atoms with E-state index in [1.165, 1.54) is 6.20 Å². The third-order valence-corrected chi connectivity index (χ3v) is 5.70. The highest BCUT2D eigenvalue weighted by Crippen LogP contribution is 2.33. The van der Waals surface area contributed by atoms with Gasteiger partial charge in [0, 0.05) is 55.9 Å². The van der Waals surface area contributed by atoms with Gasteiger partial charge >= 0.3 is 6.09 Å². The molecule has 1 aliphatic rings. The van der Waals surface area contributed by atoms with Crippen molar-refractivity contribution in [3.8, 4) is 11.8 Å². The zero-order valence-electron chi connectivity index (χ0n) is 19.0. The van der Waals surface area contributed by atoms with E-state index in [0.29, 0.717) is 28.5 Å². The van der Waals surface area contributed by atoms with Gasteiger partial charge in [-0.3, -0.25) is 0 Å². The number of piperazine rings is 1. The monoisotopic (exact) mass is 457 g/mol. The van der Waals surface area contributed by atoms with Crippen LogP contribution in [0.15, 0.2) is 60.8 Å². The minimum atomic E-state index is -0.893. The first kappa shape index (κ1) is 22.9. The average Bonchev–Trinajstić information content (AvgIpc) is 2.86.